The number of ether oxygens (including phenoxy) is 1. The molecule has 0 aliphatic heterocycles. The second-order valence-electron chi connectivity index (χ2n) is 4.28. The molecule has 0 N–H and O–H groups in total. The predicted molar refractivity (Wildman–Crippen MR) is 75.0 cm³/mol. The molecule has 2 aromatic rings. The van der Waals surface area contributed by atoms with Crippen molar-refractivity contribution in [2.45, 2.75) is 19.2 Å². The van der Waals surface area contributed by atoms with E-state index in [1.807, 2.05) is 26.0 Å². The van der Waals surface area contributed by atoms with Crippen LogP contribution in [0.2, 0.25) is 0 Å². The van der Waals surface area contributed by atoms with E-state index in [0.717, 1.165) is 16.9 Å². The van der Waals surface area contributed by atoms with Gasteiger partial charge in [0.15, 0.2) is 0 Å². The maximum Gasteiger partial charge on any atom is 0.134 e. The zero-order valence-electron chi connectivity index (χ0n) is 10.3. The first kappa shape index (κ1) is 13.1. The molecular weight excluding hydrogens is 295 g/mol. The Balaban J connectivity index is 2.36. The Morgan fingerprint density at radius 1 is 1.11 bits per heavy atom. The molecule has 0 atom stereocenters. The van der Waals surface area contributed by atoms with Crippen molar-refractivity contribution in [2.24, 2.45) is 0 Å². The van der Waals surface area contributed by atoms with Gasteiger partial charge in [-0.1, -0.05) is 28.1 Å². The molecule has 0 heterocycles. The summed E-state index contributed by atoms with van der Waals surface area (Å²) in [7, 11) is 0. The predicted octanol–water partition coefficient (Wildman–Crippen LogP) is 5.13. The van der Waals surface area contributed by atoms with Crippen molar-refractivity contribution < 1.29 is 9.13 Å². The van der Waals surface area contributed by atoms with Gasteiger partial charge in [-0.05, 0) is 49.2 Å². The number of rotatable bonds is 3. The number of alkyl halides is 1. The molecule has 0 radical (unpaired) electrons. The van der Waals surface area contributed by atoms with Gasteiger partial charge in [0.05, 0.1) is 0 Å². The molecule has 2 aromatic carbocycles. The summed E-state index contributed by atoms with van der Waals surface area (Å²) in [6.45, 7) is 4.02. The van der Waals surface area contributed by atoms with Crippen LogP contribution in [0, 0.1) is 19.7 Å². The minimum Gasteiger partial charge on any atom is -0.457 e. The summed E-state index contributed by atoms with van der Waals surface area (Å²) in [5, 5.41) is 0.430. The first-order valence-electron chi connectivity index (χ1n) is 5.69. The average molecular weight is 309 g/mol. The molecule has 0 aromatic heterocycles. The molecule has 2 rings (SSSR count). The molecule has 1 nitrogen and oxygen atoms in total. The molecule has 0 bridgehead atoms. The van der Waals surface area contributed by atoms with E-state index in [4.69, 9.17) is 4.74 Å². The summed E-state index contributed by atoms with van der Waals surface area (Å²) in [5.41, 5.74) is 2.79. The van der Waals surface area contributed by atoms with Crippen molar-refractivity contribution in [3.8, 4) is 11.5 Å². The fourth-order valence-electron chi connectivity index (χ4n) is 1.88. The normalized spacial score (nSPS) is 10.4. The second kappa shape index (κ2) is 5.53. The van der Waals surface area contributed by atoms with Gasteiger partial charge in [0.25, 0.3) is 0 Å². The van der Waals surface area contributed by atoms with Gasteiger partial charge in [-0.25, -0.2) is 4.39 Å². The van der Waals surface area contributed by atoms with Gasteiger partial charge in [-0.2, -0.15) is 0 Å². The summed E-state index contributed by atoms with van der Waals surface area (Å²) in [5.74, 6) is 1.03. The standard InChI is InChI=1S/C15H14BrFO/c1-10-6-11(2)8-12(7-10)18-15-5-3-4-14(17)13(15)9-16/h3-8H,9H2,1-2H3. The third-order valence-corrected chi connectivity index (χ3v) is 3.19. The first-order valence-corrected chi connectivity index (χ1v) is 6.82. The van der Waals surface area contributed by atoms with Crippen molar-refractivity contribution in [3.63, 3.8) is 0 Å². The van der Waals surface area contributed by atoms with Crippen LogP contribution in [0.25, 0.3) is 0 Å². The Morgan fingerprint density at radius 2 is 1.78 bits per heavy atom. The first-order chi connectivity index (χ1) is 8.60. The SMILES string of the molecule is Cc1cc(C)cc(Oc2cccc(F)c2CBr)c1. The van der Waals surface area contributed by atoms with E-state index >= 15 is 0 Å². The molecule has 0 aliphatic rings. The van der Waals surface area contributed by atoms with Crippen LogP contribution >= 0.6 is 15.9 Å². The van der Waals surface area contributed by atoms with Crippen molar-refractivity contribution in [1.82, 2.24) is 0 Å². The zero-order valence-corrected chi connectivity index (χ0v) is 11.9. The van der Waals surface area contributed by atoms with Crippen molar-refractivity contribution in [3.05, 3.63) is 58.9 Å². The monoisotopic (exact) mass is 308 g/mol. The van der Waals surface area contributed by atoms with Crippen molar-refractivity contribution in [1.29, 1.82) is 0 Å². The van der Waals surface area contributed by atoms with Gasteiger partial charge in [0.1, 0.15) is 17.3 Å². The molecule has 0 amide bonds. The van der Waals surface area contributed by atoms with Gasteiger partial charge in [-0.15, -0.1) is 0 Å². The van der Waals surface area contributed by atoms with E-state index in [2.05, 4.69) is 22.0 Å². The molecule has 0 saturated heterocycles. The summed E-state index contributed by atoms with van der Waals surface area (Å²) >= 11 is 3.28. The van der Waals surface area contributed by atoms with E-state index in [1.165, 1.54) is 6.07 Å². The third kappa shape index (κ3) is 2.91. The number of halogens is 2. The molecule has 94 valence electrons. The van der Waals surface area contributed by atoms with E-state index in [0.29, 0.717) is 16.6 Å². The largest absolute Gasteiger partial charge is 0.457 e. The third-order valence-electron chi connectivity index (χ3n) is 2.63. The molecular formula is C15H14BrFO. The highest BCUT2D eigenvalue weighted by atomic mass is 79.9. The maximum atomic E-state index is 13.6. The van der Waals surface area contributed by atoms with Crippen molar-refractivity contribution >= 4 is 15.9 Å². The van der Waals surface area contributed by atoms with E-state index < -0.39 is 0 Å². The molecule has 0 saturated carbocycles. The highest BCUT2D eigenvalue weighted by Crippen LogP contribution is 2.29. The molecule has 0 aliphatic carbocycles. The molecule has 0 spiro atoms. The average Bonchev–Trinajstić information content (AvgIpc) is 2.27. The Morgan fingerprint density at radius 3 is 2.39 bits per heavy atom. The lowest BCUT2D eigenvalue weighted by Gasteiger charge is -2.11. The fourth-order valence-corrected chi connectivity index (χ4v) is 2.43. The number of benzene rings is 2. The van der Waals surface area contributed by atoms with Crippen molar-refractivity contribution in [2.75, 3.05) is 0 Å². The van der Waals surface area contributed by atoms with E-state index in [1.54, 1.807) is 12.1 Å². The highest BCUT2D eigenvalue weighted by molar-refractivity contribution is 9.08. The lowest BCUT2D eigenvalue weighted by molar-refractivity contribution is 0.470. The van der Waals surface area contributed by atoms with Gasteiger partial charge in [0, 0.05) is 10.9 Å². The fraction of sp³-hybridized carbons (Fsp3) is 0.200. The maximum absolute atomic E-state index is 13.6. The Labute approximate surface area is 115 Å². The number of aryl methyl sites for hydroxylation is 2. The van der Waals surface area contributed by atoms with Crippen LogP contribution in [0.1, 0.15) is 16.7 Å². The summed E-state index contributed by atoms with van der Waals surface area (Å²) in [6.07, 6.45) is 0. The Kier molecular flexibility index (Phi) is 4.02. The van der Waals surface area contributed by atoms with Crippen LogP contribution in [0.5, 0.6) is 11.5 Å². The molecule has 18 heavy (non-hydrogen) atoms. The lowest BCUT2D eigenvalue weighted by Crippen LogP contribution is -1.93. The molecule has 0 fully saturated rings. The Hall–Kier alpha value is -1.35. The van der Waals surface area contributed by atoms with Gasteiger partial charge < -0.3 is 4.74 Å². The second-order valence-corrected chi connectivity index (χ2v) is 4.84. The summed E-state index contributed by atoms with van der Waals surface area (Å²) in [6, 6.07) is 10.8. The van der Waals surface area contributed by atoms with Crippen LogP contribution in [0.15, 0.2) is 36.4 Å². The molecule has 0 unspecified atom stereocenters. The summed E-state index contributed by atoms with van der Waals surface area (Å²) < 4.78 is 19.4. The minimum atomic E-state index is -0.256. The van der Waals surface area contributed by atoms with Gasteiger partial charge >= 0.3 is 0 Å². The van der Waals surface area contributed by atoms with Crippen LogP contribution in [-0.2, 0) is 5.33 Å². The Bertz CT molecular complexity index is 546. The number of hydrogen-bond donors (Lipinski definition) is 0. The molecule has 3 heteroatoms. The van der Waals surface area contributed by atoms with Crippen LogP contribution in [0.4, 0.5) is 4.39 Å². The van der Waals surface area contributed by atoms with Crippen LogP contribution < -0.4 is 4.74 Å². The van der Waals surface area contributed by atoms with Gasteiger partial charge in [-0.3, -0.25) is 0 Å². The lowest BCUT2D eigenvalue weighted by atomic mass is 10.1. The van der Waals surface area contributed by atoms with Gasteiger partial charge in [0.2, 0.25) is 0 Å². The highest BCUT2D eigenvalue weighted by Gasteiger charge is 2.09. The minimum absolute atomic E-state index is 0.256. The van der Waals surface area contributed by atoms with E-state index in [9.17, 15) is 4.39 Å². The topological polar surface area (TPSA) is 9.23 Å². The summed E-state index contributed by atoms with van der Waals surface area (Å²) in [4.78, 5) is 0. The number of hydrogen-bond acceptors (Lipinski definition) is 1. The van der Waals surface area contributed by atoms with Crippen LogP contribution in [0.3, 0.4) is 0 Å². The zero-order chi connectivity index (χ0) is 13.1. The van der Waals surface area contributed by atoms with E-state index in [-0.39, 0.29) is 5.82 Å². The smallest absolute Gasteiger partial charge is 0.134 e. The quantitative estimate of drug-likeness (QED) is 0.714. The van der Waals surface area contributed by atoms with Crippen LogP contribution in [-0.4, -0.2) is 0 Å².